The van der Waals surface area contributed by atoms with Crippen molar-refractivity contribution in [3.8, 4) is 6.07 Å². The molecule has 1 aliphatic carbocycles. The molecule has 1 aliphatic heterocycles. The van der Waals surface area contributed by atoms with Crippen molar-refractivity contribution in [1.29, 1.82) is 5.26 Å². The van der Waals surface area contributed by atoms with E-state index in [2.05, 4.69) is 16.3 Å². The molecule has 0 aromatic carbocycles. The molecule has 1 unspecified atom stereocenters. The van der Waals surface area contributed by atoms with Gasteiger partial charge in [0.25, 0.3) is 0 Å². The Morgan fingerprint density at radius 1 is 1.31 bits per heavy atom. The molecule has 0 aromatic heterocycles. The van der Waals surface area contributed by atoms with E-state index >= 15 is 0 Å². The highest BCUT2D eigenvalue weighted by Crippen LogP contribution is 2.29. The first kappa shape index (κ1) is 11.9. The van der Waals surface area contributed by atoms with Gasteiger partial charge in [-0.1, -0.05) is 0 Å². The summed E-state index contributed by atoms with van der Waals surface area (Å²) in [6.45, 7) is 6.59. The Kier molecular flexibility index (Phi) is 4.20. The number of rotatable bonds is 5. The van der Waals surface area contributed by atoms with Crippen LogP contribution in [0.5, 0.6) is 0 Å². The molecule has 0 spiro atoms. The van der Waals surface area contributed by atoms with Crippen molar-refractivity contribution in [2.75, 3.05) is 26.2 Å². The van der Waals surface area contributed by atoms with Crippen LogP contribution in [0.25, 0.3) is 0 Å². The number of hydrogen-bond donors (Lipinski definition) is 1. The summed E-state index contributed by atoms with van der Waals surface area (Å²) in [5, 5.41) is 12.3. The monoisotopic (exact) mass is 221 g/mol. The van der Waals surface area contributed by atoms with E-state index in [0.717, 1.165) is 18.5 Å². The summed E-state index contributed by atoms with van der Waals surface area (Å²) in [7, 11) is 0. The Labute approximate surface area is 98.8 Å². The number of nitriles is 1. The van der Waals surface area contributed by atoms with Crippen molar-refractivity contribution in [3.63, 3.8) is 0 Å². The Hall–Kier alpha value is -0.590. The smallest absolute Gasteiger partial charge is 0.0666 e. The highest BCUT2D eigenvalue weighted by Gasteiger charge is 2.31. The van der Waals surface area contributed by atoms with Crippen LogP contribution in [0, 0.1) is 23.2 Å². The fraction of sp³-hybridized carbons (Fsp3) is 0.923. The third-order valence-corrected chi connectivity index (χ3v) is 3.74. The van der Waals surface area contributed by atoms with Gasteiger partial charge in [0.1, 0.15) is 0 Å². The average molecular weight is 221 g/mol. The van der Waals surface area contributed by atoms with Crippen LogP contribution < -0.4 is 5.32 Å². The predicted molar refractivity (Wildman–Crippen MR) is 65.0 cm³/mol. The molecular formula is C13H23N3. The molecule has 90 valence electrons. The number of nitrogens with zero attached hydrogens (tertiary/aromatic N) is 2. The van der Waals surface area contributed by atoms with Gasteiger partial charge in [-0.3, -0.25) is 4.90 Å². The zero-order valence-corrected chi connectivity index (χ0v) is 10.3. The highest BCUT2D eigenvalue weighted by molar-refractivity contribution is 4.90. The lowest BCUT2D eigenvalue weighted by Crippen LogP contribution is -2.39. The molecule has 0 bridgehead atoms. The van der Waals surface area contributed by atoms with Crippen molar-refractivity contribution in [2.24, 2.45) is 11.8 Å². The lowest BCUT2D eigenvalue weighted by Gasteiger charge is -2.30. The van der Waals surface area contributed by atoms with Crippen molar-refractivity contribution >= 4 is 0 Å². The molecule has 1 atom stereocenters. The molecule has 0 amide bonds. The predicted octanol–water partition coefficient (Wildman–Crippen LogP) is 1.61. The van der Waals surface area contributed by atoms with Crippen molar-refractivity contribution in [1.82, 2.24) is 10.2 Å². The quantitative estimate of drug-likeness (QED) is 0.766. The lowest BCUT2D eigenvalue weighted by molar-refractivity contribution is 0.186. The maximum absolute atomic E-state index is 8.91. The second kappa shape index (κ2) is 5.65. The summed E-state index contributed by atoms with van der Waals surface area (Å²) >= 11 is 0. The van der Waals surface area contributed by atoms with Gasteiger partial charge in [0.05, 0.1) is 12.0 Å². The number of piperidine rings is 1. The minimum Gasteiger partial charge on any atom is -0.317 e. The van der Waals surface area contributed by atoms with Crippen LogP contribution in [0.15, 0.2) is 0 Å². The molecule has 3 heteroatoms. The highest BCUT2D eigenvalue weighted by atomic mass is 15.2. The molecule has 0 radical (unpaired) electrons. The SMILES string of the molecule is CC(C#N)CN(CC1CCNCC1)C1CC1. The summed E-state index contributed by atoms with van der Waals surface area (Å²) in [6, 6.07) is 3.16. The van der Waals surface area contributed by atoms with Crippen LogP contribution in [-0.2, 0) is 0 Å². The summed E-state index contributed by atoms with van der Waals surface area (Å²) in [5.41, 5.74) is 0. The molecule has 1 N–H and O–H groups in total. The molecule has 2 aliphatic rings. The molecule has 1 saturated heterocycles. The van der Waals surface area contributed by atoms with Crippen LogP contribution >= 0.6 is 0 Å². The van der Waals surface area contributed by atoms with Crippen LogP contribution in [0.4, 0.5) is 0 Å². The first-order valence-electron chi connectivity index (χ1n) is 6.64. The third kappa shape index (κ3) is 3.47. The van der Waals surface area contributed by atoms with Crippen molar-refractivity contribution in [2.45, 2.75) is 38.6 Å². The van der Waals surface area contributed by atoms with E-state index in [-0.39, 0.29) is 5.92 Å². The zero-order chi connectivity index (χ0) is 11.4. The Balaban J connectivity index is 1.80. The van der Waals surface area contributed by atoms with Crippen LogP contribution in [-0.4, -0.2) is 37.1 Å². The first-order valence-corrected chi connectivity index (χ1v) is 6.64. The van der Waals surface area contributed by atoms with Gasteiger partial charge in [0, 0.05) is 19.1 Å². The molecule has 0 aromatic rings. The Morgan fingerprint density at radius 2 is 2.00 bits per heavy atom. The van der Waals surface area contributed by atoms with E-state index in [0.29, 0.717) is 0 Å². The number of nitrogens with one attached hydrogen (secondary N) is 1. The van der Waals surface area contributed by atoms with Gasteiger partial charge in [-0.15, -0.1) is 0 Å². The summed E-state index contributed by atoms with van der Waals surface area (Å²) in [4.78, 5) is 2.57. The summed E-state index contributed by atoms with van der Waals surface area (Å²) in [6.07, 6.45) is 5.32. The maximum atomic E-state index is 8.91. The molecule has 3 nitrogen and oxygen atoms in total. The van der Waals surface area contributed by atoms with Crippen LogP contribution in [0.3, 0.4) is 0 Å². The summed E-state index contributed by atoms with van der Waals surface area (Å²) < 4.78 is 0. The van der Waals surface area contributed by atoms with E-state index < -0.39 is 0 Å². The van der Waals surface area contributed by atoms with Crippen molar-refractivity contribution in [3.05, 3.63) is 0 Å². The summed E-state index contributed by atoms with van der Waals surface area (Å²) in [5.74, 6) is 1.04. The van der Waals surface area contributed by atoms with Gasteiger partial charge in [-0.25, -0.2) is 0 Å². The van der Waals surface area contributed by atoms with Gasteiger partial charge in [0.15, 0.2) is 0 Å². The van der Waals surface area contributed by atoms with Crippen LogP contribution in [0.2, 0.25) is 0 Å². The van der Waals surface area contributed by atoms with Crippen LogP contribution in [0.1, 0.15) is 32.6 Å². The van der Waals surface area contributed by atoms with E-state index in [1.54, 1.807) is 0 Å². The number of hydrogen-bond acceptors (Lipinski definition) is 3. The van der Waals surface area contributed by atoms with Gasteiger partial charge in [-0.2, -0.15) is 5.26 Å². The van der Waals surface area contributed by atoms with E-state index in [4.69, 9.17) is 5.26 Å². The van der Waals surface area contributed by atoms with Crippen molar-refractivity contribution < 1.29 is 0 Å². The Bertz CT molecular complexity index is 248. The normalized spacial score (nSPS) is 24.3. The lowest BCUT2D eigenvalue weighted by atomic mass is 9.97. The molecule has 2 rings (SSSR count). The molecule has 1 saturated carbocycles. The minimum absolute atomic E-state index is 0.183. The second-order valence-electron chi connectivity index (χ2n) is 5.41. The molecule has 2 fully saturated rings. The fourth-order valence-corrected chi connectivity index (χ4v) is 2.60. The van der Waals surface area contributed by atoms with E-state index in [9.17, 15) is 0 Å². The van der Waals surface area contributed by atoms with E-state index in [1.807, 2.05) is 6.92 Å². The standard InChI is InChI=1S/C13H23N3/c1-11(8-14)9-16(13-2-3-13)10-12-4-6-15-7-5-12/h11-13,15H,2-7,9-10H2,1H3. The molecule has 1 heterocycles. The zero-order valence-electron chi connectivity index (χ0n) is 10.3. The average Bonchev–Trinajstić information content (AvgIpc) is 3.13. The molecule has 16 heavy (non-hydrogen) atoms. The van der Waals surface area contributed by atoms with Gasteiger partial charge >= 0.3 is 0 Å². The second-order valence-corrected chi connectivity index (χ2v) is 5.41. The first-order chi connectivity index (χ1) is 7.79. The maximum Gasteiger partial charge on any atom is 0.0666 e. The largest absolute Gasteiger partial charge is 0.317 e. The third-order valence-electron chi connectivity index (χ3n) is 3.74. The fourth-order valence-electron chi connectivity index (χ4n) is 2.60. The minimum atomic E-state index is 0.183. The van der Waals surface area contributed by atoms with Gasteiger partial charge in [0.2, 0.25) is 0 Å². The van der Waals surface area contributed by atoms with E-state index in [1.165, 1.54) is 45.3 Å². The molecular weight excluding hydrogens is 198 g/mol. The topological polar surface area (TPSA) is 39.1 Å². The Morgan fingerprint density at radius 3 is 2.56 bits per heavy atom. The van der Waals surface area contributed by atoms with Gasteiger partial charge < -0.3 is 5.32 Å². The van der Waals surface area contributed by atoms with Gasteiger partial charge in [-0.05, 0) is 51.6 Å².